The fourth-order valence-corrected chi connectivity index (χ4v) is 3.34. The number of carbonyl (C=O) groups excluding carboxylic acids is 1. The third kappa shape index (κ3) is 3.55. The Kier molecular flexibility index (Phi) is 4.96. The number of rotatable bonds is 4. The maximum absolute atomic E-state index is 13.2. The van der Waals surface area contributed by atoms with Gasteiger partial charge in [0.05, 0.1) is 16.9 Å². The molecular formula is C23H18ClN3O. The Morgan fingerprint density at radius 2 is 1.61 bits per heavy atom. The number of benzene rings is 3. The van der Waals surface area contributed by atoms with Gasteiger partial charge in [-0.25, -0.2) is 4.68 Å². The van der Waals surface area contributed by atoms with Gasteiger partial charge in [0.1, 0.15) is 5.69 Å². The van der Waals surface area contributed by atoms with Gasteiger partial charge >= 0.3 is 0 Å². The second-order valence-corrected chi connectivity index (χ2v) is 6.82. The van der Waals surface area contributed by atoms with Gasteiger partial charge in [0, 0.05) is 16.3 Å². The van der Waals surface area contributed by atoms with Crippen LogP contribution in [-0.4, -0.2) is 15.7 Å². The average Bonchev–Trinajstić information content (AvgIpc) is 3.06. The number of hydrogen-bond donors (Lipinski definition) is 1. The molecule has 0 unspecified atom stereocenters. The summed E-state index contributed by atoms with van der Waals surface area (Å²) in [5, 5.41) is 8.27. The number of anilines is 1. The number of hydrogen-bond acceptors (Lipinski definition) is 2. The summed E-state index contributed by atoms with van der Waals surface area (Å²) in [6.45, 7) is 1.90. The lowest BCUT2D eigenvalue weighted by atomic mass is 10.1. The molecule has 1 N–H and O–H groups in total. The maximum Gasteiger partial charge on any atom is 0.259 e. The van der Waals surface area contributed by atoms with Crippen LogP contribution in [0.4, 0.5) is 5.69 Å². The van der Waals surface area contributed by atoms with E-state index in [-0.39, 0.29) is 5.91 Å². The zero-order chi connectivity index (χ0) is 19.5. The largest absolute Gasteiger partial charge is 0.322 e. The van der Waals surface area contributed by atoms with Crippen molar-refractivity contribution in [3.05, 3.63) is 101 Å². The van der Waals surface area contributed by atoms with Crippen molar-refractivity contribution < 1.29 is 4.79 Å². The molecule has 0 spiro atoms. The predicted octanol–water partition coefficient (Wildman–Crippen LogP) is 5.75. The molecular weight excluding hydrogens is 370 g/mol. The van der Waals surface area contributed by atoms with Crippen LogP contribution < -0.4 is 5.32 Å². The standard InChI is InChI=1S/C23H18ClN3O/c1-16-21(23(28)25-19-12-8-11-18(24)15-19)22(17-9-4-2-5-10-17)26-27(16)20-13-6-3-7-14-20/h2-15H,1H3,(H,25,28). The number of amides is 1. The first-order valence-corrected chi connectivity index (χ1v) is 9.28. The van der Waals surface area contributed by atoms with Gasteiger partial charge in [-0.3, -0.25) is 4.79 Å². The van der Waals surface area contributed by atoms with Gasteiger partial charge in [-0.2, -0.15) is 5.10 Å². The van der Waals surface area contributed by atoms with Gasteiger partial charge < -0.3 is 5.32 Å². The minimum atomic E-state index is -0.221. The molecule has 0 saturated carbocycles. The van der Waals surface area contributed by atoms with Crippen molar-refractivity contribution in [3.63, 3.8) is 0 Å². The molecule has 28 heavy (non-hydrogen) atoms. The lowest BCUT2D eigenvalue weighted by Crippen LogP contribution is -2.14. The van der Waals surface area contributed by atoms with Crippen molar-refractivity contribution in [2.24, 2.45) is 0 Å². The first kappa shape index (κ1) is 18.0. The quantitative estimate of drug-likeness (QED) is 0.484. The summed E-state index contributed by atoms with van der Waals surface area (Å²) in [5.74, 6) is -0.221. The Hall–Kier alpha value is -3.37. The summed E-state index contributed by atoms with van der Waals surface area (Å²) in [4.78, 5) is 13.2. The van der Waals surface area contributed by atoms with E-state index in [1.807, 2.05) is 73.7 Å². The van der Waals surface area contributed by atoms with Crippen LogP contribution in [0.1, 0.15) is 16.1 Å². The molecule has 5 heteroatoms. The number of aromatic nitrogens is 2. The molecule has 1 aromatic heterocycles. The van der Waals surface area contributed by atoms with Gasteiger partial charge in [0.2, 0.25) is 0 Å². The van der Waals surface area contributed by atoms with E-state index in [0.717, 1.165) is 16.9 Å². The van der Waals surface area contributed by atoms with Crippen LogP contribution >= 0.6 is 11.6 Å². The molecule has 0 radical (unpaired) electrons. The second kappa shape index (κ2) is 7.71. The van der Waals surface area contributed by atoms with Crippen molar-refractivity contribution >= 4 is 23.2 Å². The molecule has 1 amide bonds. The molecule has 0 saturated heterocycles. The zero-order valence-corrected chi connectivity index (χ0v) is 16.0. The van der Waals surface area contributed by atoms with E-state index in [1.54, 1.807) is 22.9 Å². The van der Waals surface area contributed by atoms with E-state index in [1.165, 1.54) is 0 Å². The zero-order valence-electron chi connectivity index (χ0n) is 15.3. The number of nitrogens with zero attached hydrogens (tertiary/aromatic N) is 2. The van der Waals surface area contributed by atoms with Crippen LogP contribution in [-0.2, 0) is 0 Å². The number of para-hydroxylation sites is 1. The van der Waals surface area contributed by atoms with Crippen molar-refractivity contribution in [2.45, 2.75) is 6.92 Å². The van der Waals surface area contributed by atoms with Gasteiger partial charge in [0.25, 0.3) is 5.91 Å². The topological polar surface area (TPSA) is 46.9 Å². The molecule has 0 aliphatic heterocycles. The van der Waals surface area contributed by atoms with Crippen LogP contribution in [0.15, 0.2) is 84.9 Å². The highest BCUT2D eigenvalue weighted by molar-refractivity contribution is 6.31. The molecule has 4 rings (SSSR count). The predicted molar refractivity (Wildman–Crippen MR) is 113 cm³/mol. The smallest absolute Gasteiger partial charge is 0.259 e. The molecule has 4 nitrogen and oxygen atoms in total. The average molecular weight is 388 g/mol. The summed E-state index contributed by atoms with van der Waals surface area (Å²) in [5.41, 5.74) is 4.37. The van der Waals surface area contributed by atoms with E-state index in [4.69, 9.17) is 16.7 Å². The second-order valence-electron chi connectivity index (χ2n) is 6.39. The van der Waals surface area contributed by atoms with E-state index in [0.29, 0.717) is 22.0 Å². The van der Waals surface area contributed by atoms with E-state index in [2.05, 4.69) is 5.32 Å². The highest BCUT2D eigenvalue weighted by Gasteiger charge is 2.23. The lowest BCUT2D eigenvalue weighted by molar-refractivity contribution is 0.102. The molecule has 4 aromatic rings. The molecule has 0 fully saturated rings. The van der Waals surface area contributed by atoms with Crippen LogP contribution in [0.3, 0.4) is 0 Å². The van der Waals surface area contributed by atoms with Crippen molar-refractivity contribution in [3.8, 4) is 16.9 Å². The molecule has 0 atom stereocenters. The third-order valence-corrected chi connectivity index (χ3v) is 4.71. The Bertz CT molecular complexity index is 1120. The van der Waals surface area contributed by atoms with E-state index >= 15 is 0 Å². The van der Waals surface area contributed by atoms with Crippen molar-refractivity contribution in [2.75, 3.05) is 5.32 Å². The minimum Gasteiger partial charge on any atom is -0.322 e. The lowest BCUT2D eigenvalue weighted by Gasteiger charge is -2.08. The number of halogens is 1. The molecule has 1 heterocycles. The fourth-order valence-electron chi connectivity index (χ4n) is 3.15. The van der Waals surface area contributed by atoms with Gasteiger partial charge in [-0.1, -0.05) is 66.2 Å². The first-order valence-electron chi connectivity index (χ1n) is 8.91. The normalized spacial score (nSPS) is 10.6. The van der Waals surface area contributed by atoms with Crippen LogP contribution in [0.25, 0.3) is 16.9 Å². The summed E-state index contributed by atoms with van der Waals surface area (Å²) in [6.07, 6.45) is 0. The number of nitrogens with one attached hydrogen (secondary N) is 1. The fraction of sp³-hybridized carbons (Fsp3) is 0.0435. The van der Waals surface area contributed by atoms with Crippen molar-refractivity contribution in [1.82, 2.24) is 9.78 Å². The van der Waals surface area contributed by atoms with Crippen LogP contribution in [0.5, 0.6) is 0 Å². The van der Waals surface area contributed by atoms with Gasteiger partial charge in [0.15, 0.2) is 0 Å². The maximum atomic E-state index is 13.2. The van der Waals surface area contributed by atoms with Gasteiger partial charge in [-0.15, -0.1) is 0 Å². The summed E-state index contributed by atoms with van der Waals surface area (Å²) >= 11 is 6.05. The molecule has 0 aliphatic rings. The Labute approximate surface area is 168 Å². The summed E-state index contributed by atoms with van der Waals surface area (Å²) < 4.78 is 1.80. The van der Waals surface area contributed by atoms with Crippen molar-refractivity contribution in [1.29, 1.82) is 0 Å². The van der Waals surface area contributed by atoms with Crippen LogP contribution in [0.2, 0.25) is 5.02 Å². The van der Waals surface area contributed by atoms with Gasteiger partial charge in [-0.05, 0) is 37.3 Å². The van der Waals surface area contributed by atoms with E-state index < -0.39 is 0 Å². The van der Waals surface area contributed by atoms with Crippen LogP contribution in [0, 0.1) is 6.92 Å². The Morgan fingerprint density at radius 1 is 0.929 bits per heavy atom. The Morgan fingerprint density at radius 3 is 2.29 bits per heavy atom. The van der Waals surface area contributed by atoms with E-state index in [9.17, 15) is 4.79 Å². The minimum absolute atomic E-state index is 0.221. The first-order chi connectivity index (χ1) is 13.6. The summed E-state index contributed by atoms with van der Waals surface area (Å²) in [7, 11) is 0. The Balaban J connectivity index is 1.82. The summed E-state index contributed by atoms with van der Waals surface area (Å²) in [6, 6.07) is 26.6. The molecule has 0 bridgehead atoms. The molecule has 138 valence electrons. The molecule has 3 aromatic carbocycles. The molecule has 0 aliphatic carbocycles. The number of carbonyl (C=O) groups is 1. The SMILES string of the molecule is Cc1c(C(=O)Nc2cccc(Cl)c2)c(-c2ccccc2)nn1-c1ccccc1. The highest BCUT2D eigenvalue weighted by Crippen LogP contribution is 2.28. The monoisotopic (exact) mass is 387 g/mol. The third-order valence-electron chi connectivity index (χ3n) is 4.47. The highest BCUT2D eigenvalue weighted by atomic mass is 35.5.